The van der Waals surface area contributed by atoms with Gasteiger partial charge in [0.05, 0.1) is 10.5 Å². The third-order valence-electron chi connectivity index (χ3n) is 3.11. The molecule has 2 N–H and O–H groups in total. The number of carbonyl (C=O) groups excluding carboxylic acids is 1. The van der Waals surface area contributed by atoms with Gasteiger partial charge in [0, 0.05) is 12.1 Å². The number of hydrogen-bond donors (Lipinski definition) is 1. The third kappa shape index (κ3) is 3.41. The van der Waals surface area contributed by atoms with Crippen molar-refractivity contribution in [3.05, 3.63) is 33.9 Å². The van der Waals surface area contributed by atoms with Gasteiger partial charge in [0.2, 0.25) is 0 Å². The number of anilines is 1. The quantitative estimate of drug-likeness (QED) is 0.525. The maximum absolute atomic E-state index is 12.5. The molecule has 9 heteroatoms. The average Bonchev–Trinajstić information content (AvgIpc) is 3.18. The van der Waals surface area contributed by atoms with Crippen molar-refractivity contribution in [3.63, 3.8) is 0 Å². The number of nitrogens with two attached hydrogens (primary N) is 1. The Bertz CT molecular complexity index is 585. The largest absolute Gasteiger partial charge is 0.406 e. The highest BCUT2D eigenvalue weighted by Gasteiger charge is 2.41. The fourth-order valence-corrected chi connectivity index (χ4v) is 2.00. The molecule has 1 amide bonds. The van der Waals surface area contributed by atoms with E-state index in [0.29, 0.717) is 17.7 Å². The lowest BCUT2D eigenvalue weighted by molar-refractivity contribution is -0.383. The zero-order chi connectivity index (χ0) is 15.8. The van der Waals surface area contributed by atoms with Crippen molar-refractivity contribution in [3.8, 4) is 0 Å². The molecule has 0 aliphatic heterocycles. The molecule has 0 saturated heterocycles. The van der Waals surface area contributed by atoms with Crippen LogP contribution in [-0.2, 0) is 0 Å². The molecule has 21 heavy (non-hydrogen) atoms. The van der Waals surface area contributed by atoms with Crippen LogP contribution in [0.25, 0.3) is 0 Å². The Balaban J connectivity index is 2.33. The maximum atomic E-state index is 12.5. The summed E-state index contributed by atoms with van der Waals surface area (Å²) >= 11 is 0. The second-order valence-corrected chi connectivity index (χ2v) is 4.77. The minimum atomic E-state index is -4.53. The Morgan fingerprint density at radius 2 is 2.05 bits per heavy atom. The van der Waals surface area contributed by atoms with Crippen molar-refractivity contribution in [2.75, 3.05) is 12.3 Å². The van der Waals surface area contributed by atoms with Crippen LogP contribution in [0.4, 0.5) is 24.5 Å². The summed E-state index contributed by atoms with van der Waals surface area (Å²) in [7, 11) is 0. The van der Waals surface area contributed by atoms with Crippen molar-refractivity contribution in [2.24, 2.45) is 0 Å². The van der Waals surface area contributed by atoms with Gasteiger partial charge in [0.1, 0.15) is 12.2 Å². The molecule has 114 valence electrons. The maximum Gasteiger partial charge on any atom is 0.406 e. The third-order valence-corrected chi connectivity index (χ3v) is 3.11. The molecule has 1 aliphatic carbocycles. The van der Waals surface area contributed by atoms with Gasteiger partial charge in [-0.2, -0.15) is 13.2 Å². The standard InChI is InChI=1S/C12H12F3N3O3/c13-12(14,15)6-17(7-4-5-7)11(19)8-2-1-3-9(10(8)16)18(20)21/h1-3,7H,4-6,16H2. The van der Waals surface area contributed by atoms with E-state index in [4.69, 9.17) is 5.73 Å². The van der Waals surface area contributed by atoms with E-state index in [2.05, 4.69) is 0 Å². The summed E-state index contributed by atoms with van der Waals surface area (Å²) in [5, 5.41) is 10.8. The predicted octanol–water partition coefficient (Wildman–Crippen LogP) is 2.34. The highest BCUT2D eigenvalue weighted by molar-refractivity contribution is 6.01. The van der Waals surface area contributed by atoms with Gasteiger partial charge in [-0.05, 0) is 18.9 Å². The molecule has 1 aliphatic rings. The first kappa shape index (κ1) is 15.1. The summed E-state index contributed by atoms with van der Waals surface area (Å²) in [6, 6.07) is 3.02. The van der Waals surface area contributed by atoms with Crippen molar-refractivity contribution >= 4 is 17.3 Å². The first-order valence-electron chi connectivity index (χ1n) is 6.11. The Morgan fingerprint density at radius 3 is 2.52 bits per heavy atom. The molecular formula is C12H12F3N3O3. The number of amides is 1. The van der Waals surface area contributed by atoms with E-state index in [-0.39, 0.29) is 5.56 Å². The SMILES string of the molecule is Nc1c(C(=O)N(CC(F)(F)F)C2CC2)cccc1[N+](=O)[O-]. The van der Waals surface area contributed by atoms with Crippen LogP contribution in [0.3, 0.4) is 0 Å². The molecule has 1 fully saturated rings. The second-order valence-electron chi connectivity index (χ2n) is 4.77. The van der Waals surface area contributed by atoms with Crippen molar-refractivity contribution < 1.29 is 22.9 Å². The monoisotopic (exact) mass is 303 g/mol. The fraction of sp³-hybridized carbons (Fsp3) is 0.417. The molecule has 0 atom stereocenters. The minimum absolute atomic E-state index is 0.277. The van der Waals surface area contributed by atoms with E-state index in [1.165, 1.54) is 12.1 Å². The molecule has 0 radical (unpaired) electrons. The van der Waals surface area contributed by atoms with Crippen LogP contribution in [0.2, 0.25) is 0 Å². The van der Waals surface area contributed by atoms with Gasteiger partial charge >= 0.3 is 6.18 Å². The van der Waals surface area contributed by atoms with E-state index in [9.17, 15) is 28.1 Å². The summed E-state index contributed by atoms with van der Waals surface area (Å²) in [4.78, 5) is 22.9. The van der Waals surface area contributed by atoms with Crippen LogP contribution in [0.15, 0.2) is 18.2 Å². The predicted molar refractivity (Wildman–Crippen MR) is 67.6 cm³/mol. The van der Waals surface area contributed by atoms with Crippen LogP contribution in [0.1, 0.15) is 23.2 Å². The normalized spacial score (nSPS) is 14.8. The van der Waals surface area contributed by atoms with E-state index < -0.39 is 41.0 Å². The number of nitrogen functional groups attached to an aromatic ring is 1. The van der Waals surface area contributed by atoms with Crippen molar-refractivity contribution in [1.82, 2.24) is 4.90 Å². The smallest absolute Gasteiger partial charge is 0.393 e. The summed E-state index contributed by atoms with van der Waals surface area (Å²) in [6.07, 6.45) is -3.57. The van der Waals surface area contributed by atoms with E-state index in [0.717, 1.165) is 6.07 Å². The van der Waals surface area contributed by atoms with Crippen LogP contribution in [0.5, 0.6) is 0 Å². The van der Waals surface area contributed by atoms with Gasteiger partial charge in [-0.3, -0.25) is 14.9 Å². The summed E-state index contributed by atoms with van der Waals surface area (Å²) in [5.74, 6) is -0.934. The average molecular weight is 303 g/mol. The number of halogens is 3. The first-order chi connectivity index (χ1) is 9.70. The van der Waals surface area contributed by atoms with Gasteiger partial charge in [-0.15, -0.1) is 0 Å². The van der Waals surface area contributed by atoms with Gasteiger partial charge < -0.3 is 10.6 Å². The Morgan fingerprint density at radius 1 is 1.43 bits per heavy atom. The van der Waals surface area contributed by atoms with Crippen LogP contribution < -0.4 is 5.73 Å². The fourth-order valence-electron chi connectivity index (χ4n) is 2.00. The van der Waals surface area contributed by atoms with Gasteiger partial charge in [-0.25, -0.2) is 0 Å². The Hall–Kier alpha value is -2.32. The number of nitrogens with zero attached hydrogens (tertiary/aromatic N) is 2. The van der Waals surface area contributed by atoms with E-state index >= 15 is 0 Å². The van der Waals surface area contributed by atoms with Gasteiger partial charge in [0.25, 0.3) is 11.6 Å². The molecule has 1 aromatic rings. The topological polar surface area (TPSA) is 89.5 Å². The second kappa shape index (κ2) is 5.23. The highest BCUT2D eigenvalue weighted by atomic mass is 19.4. The van der Waals surface area contributed by atoms with Gasteiger partial charge in [0.15, 0.2) is 0 Å². The van der Waals surface area contributed by atoms with Gasteiger partial charge in [-0.1, -0.05) is 6.07 Å². The number of carbonyl (C=O) groups is 1. The molecule has 1 aromatic carbocycles. The van der Waals surface area contributed by atoms with E-state index in [1.54, 1.807) is 0 Å². The number of nitro benzene ring substituents is 1. The minimum Gasteiger partial charge on any atom is -0.393 e. The summed E-state index contributed by atoms with van der Waals surface area (Å²) in [6.45, 7) is -1.39. The summed E-state index contributed by atoms with van der Waals surface area (Å²) < 4.78 is 37.6. The van der Waals surface area contributed by atoms with Crippen LogP contribution >= 0.6 is 0 Å². The first-order valence-corrected chi connectivity index (χ1v) is 6.11. The lowest BCUT2D eigenvalue weighted by Crippen LogP contribution is -2.40. The lowest BCUT2D eigenvalue weighted by Gasteiger charge is -2.24. The molecule has 0 aromatic heterocycles. The van der Waals surface area contributed by atoms with Crippen molar-refractivity contribution in [2.45, 2.75) is 25.1 Å². The molecule has 0 unspecified atom stereocenters. The number of hydrogen-bond acceptors (Lipinski definition) is 4. The molecule has 0 heterocycles. The molecule has 6 nitrogen and oxygen atoms in total. The molecule has 0 bridgehead atoms. The zero-order valence-corrected chi connectivity index (χ0v) is 10.8. The van der Waals surface area contributed by atoms with Crippen molar-refractivity contribution in [1.29, 1.82) is 0 Å². The molecule has 1 saturated carbocycles. The highest BCUT2D eigenvalue weighted by Crippen LogP contribution is 2.33. The number of benzene rings is 1. The Kier molecular flexibility index (Phi) is 3.75. The molecule has 2 rings (SSSR count). The number of para-hydroxylation sites is 1. The number of rotatable bonds is 4. The number of nitro groups is 1. The van der Waals surface area contributed by atoms with Crippen LogP contribution in [-0.4, -0.2) is 34.5 Å². The van der Waals surface area contributed by atoms with Crippen LogP contribution in [0, 0.1) is 10.1 Å². The van der Waals surface area contributed by atoms with E-state index in [1.807, 2.05) is 0 Å². The Labute approximate surface area is 117 Å². The lowest BCUT2D eigenvalue weighted by atomic mass is 10.1. The summed E-state index contributed by atoms with van der Waals surface area (Å²) in [5.41, 5.74) is 4.35. The zero-order valence-electron chi connectivity index (χ0n) is 10.8. The molecule has 0 spiro atoms. The molecular weight excluding hydrogens is 291 g/mol. The number of alkyl halides is 3.